The molecule has 4 heteroatoms. The molecule has 0 atom stereocenters. The summed E-state index contributed by atoms with van der Waals surface area (Å²) in [7, 11) is 0. The van der Waals surface area contributed by atoms with Gasteiger partial charge in [-0.25, -0.2) is 12.2 Å². The molecule has 1 nitrogen and oxygen atoms in total. The van der Waals surface area contributed by atoms with Crippen molar-refractivity contribution in [1.82, 2.24) is 4.98 Å². The van der Waals surface area contributed by atoms with Crippen molar-refractivity contribution in [1.29, 1.82) is 0 Å². The Morgan fingerprint density at radius 1 is 1.16 bits per heavy atom. The molecule has 98 valence electrons. The number of fused-ring (bicyclic) bond motifs is 1. The van der Waals surface area contributed by atoms with Gasteiger partial charge in [-0.2, -0.15) is 11.6 Å². The van der Waals surface area contributed by atoms with Gasteiger partial charge in [0.25, 0.3) is 0 Å². The number of aromatic nitrogens is 1. The fraction of sp³-hybridized carbons (Fsp3) is 0.200. The molecule has 1 aromatic heterocycles. The summed E-state index contributed by atoms with van der Waals surface area (Å²) in [4.78, 5) is 3.10. The van der Waals surface area contributed by atoms with Crippen LogP contribution in [0.1, 0.15) is 17.5 Å². The number of nitrogens with one attached hydrogen (secondary N) is 1. The number of halogens is 2. The third kappa shape index (κ3) is 5.69. The van der Waals surface area contributed by atoms with E-state index in [2.05, 4.69) is 55.4 Å². The van der Waals surface area contributed by atoms with E-state index in [0.717, 1.165) is 6.42 Å². The number of rotatable bonds is 0. The van der Waals surface area contributed by atoms with Crippen LogP contribution in [0.5, 0.6) is 0 Å². The molecule has 3 rings (SSSR count). The Balaban J connectivity index is 0. The van der Waals surface area contributed by atoms with E-state index in [9.17, 15) is 0 Å². The van der Waals surface area contributed by atoms with Crippen LogP contribution in [-0.4, -0.2) is 4.98 Å². The predicted octanol–water partition coefficient (Wildman–Crippen LogP) is -2.10. The Morgan fingerprint density at radius 3 is 2.37 bits per heavy atom. The first-order chi connectivity index (χ1) is 7.79. The molecular weight excluding hydrogens is 356 g/mol. The van der Waals surface area contributed by atoms with Crippen molar-refractivity contribution < 1.29 is 51.0 Å². The Hall–Kier alpha value is -0.297. The Labute approximate surface area is 146 Å². The van der Waals surface area contributed by atoms with Gasteiger partial charge in [0.15, 0.2) is 0 Å². The average molecular weight is 371 g/mol. The molecule has 1 aliphatic rings. The van der Waals surface area contributed by atoms with Crippen LogP contribution in [0, 0.1) is 26.1 Å². The van der Waals surface area contributed by atoms with Gasteiger partial charge < -0.3 is 29.8 Å². The van der Waals surface area contributed by atoms with Crippen LogP contribution in [0.2, 0.25) is 0 Å². The largest absolute Gasteiger partial charge is 4.00 e. The molecule has 19 heavy (non-hydrogen) atoms. The van der Waals surface area contributed by atoms with Gasteiger partial charge in [-0.05, 0) is 0 Å². The quantitative estimate of drug-likeness (QED) is 0.511. The van der Waals surface area contributed by atoms with Crippen LogP contribution < -0.4 is 24.8 Å². The molecule has 0 spiro atoms. The summed E-state index contributed by atoms with van der Waals surface area (Å²) in [6, 6.07) is 6.25. The summed E-state index contributed by atoms with van der Waals surface area (Å²) in [6.45, 7) is 4.20. The van der Waals surface area contributed by atoms with E-state index >= 15 is 0 Å². The molecular formula is C15H15Cl2NZr. The van der Waals surface area contributed by atoms with Crippen molar-refractivity contribution in [2.75, 3.05) is 0 Å². The van der Waals surface area contributed by atoms with Gasteiger partial charge in [0.2, 0.25) is 0 Å². The van der Waals surface area contributed by atoms with Crippen LogP contribution in [0.25, 0.3) is 10.9 Å². The zero-order chi connectivity index (χ0) is 11.4. The second-order valence-electron chi connectivity index (χ2n) is 3.88. The van der Waals surface area contributed by atoms with Crippen molar-refractivity contribution >= 4 is 10.9 Å². The number of benzene rings is 1. The fourth-order valence-corrected chi connectivity index (χ4v) is 1.83. The van der Waals surface area contributed by atoms with E-state index in [1.54, 1.807) is 0 Å². The second-order valence-corrected chi connectivity index (χ2v) is 3.88. The Kier molecular flexibility index (Phi) is 11.6. The summed E-state index contributed by atoms with van der Waals surface area (Å²) in [5, 5.41) is 1.31. The molecule has 1 aliphatic carbocycles. The van der Waals surface area contributed by atoms with Gasteiger partial charge in [0, 0.05) is 0 Å². The molecule has 0 amide bonds. The Morgan fingerprint density at radius 2 is 1.89 bits per heavy atom. The van der Waals surface area contributed by atoms with Crippen LogP contribution in [-0.2, 0) is 26.2 Å². The summed E-state index contributed by atoms with van der Waals surface area (Å²) in [5.41, 5.74) is 3.71. The number of aromatic amines is 1. The van der Waals surface area contributed by atoms with Gasteiger partial charge in [-0.15, -0.1) is 35.2 Å². The van der Waals surface area contributed by atoms with Gasteiger partial charge in [-0.3, -0.25) is 6.08 Å². The molecule has 1 aromatic carbocycles. The fourth-order valence-electron chi connectivity index (χ4n) is 1.83. The van der Waals surface area contributed by atoms with Crippen molar-refractivity contribution in [2.24, 2.45) is 0 Å². The van der Waals surface area contributed by atoms with E-state index in [-0.39, 0.29) is 51.0 Å². The van der Waals surface area contributed by atoms with Gasteiger partial charge in [-0.1, -0.05) is 26.0 Å². The van der Waals surface area contributed by atoms with E-state index in [0.29, 0.717) is 0 Å². The van der Waals surface area contributed by atoms with E-state index < -0.39 is 0 Å². The normalized spacial score (nSPS) is 10.8. The van der Waals surface area contributed by atoms with Gasteiger partial charge >= 0.3 is 26.2 Å². The topological polar surface area (TPSA) is 15.8 Å². The third-order valence-electron chi connectivity index (χ3n) is 2.62. The minimum absolute atomic E-state index is 0. The summed E-state index contributed by atoms with van der Waals surface area (Å²) in [6.07, 6.45) is 13.1. The van der Waals surface area contributed by atoms with Crippen molar-refractivity contribution in [3.8, 4) is 0 Å². The van der Waals surface area contributed by atoms with Crippen LogP contribution in [0.3, 0.4) is 0 Å². The summed E-state index contributed by atoms with van der Waals surface area (Å²) in [5.74, 6) is 0. The number of hydrogen-bond acceptors (Lipinski definition) is 0. The van der Waals surface area contributed by atoms with Crippen LogP contribution in [0.15, 0.2) is 36.4 Å². The number of allylic oxidation sites excluding steroid dienone is 4. The Bertz CT molecular complexity index is 534. The van der Waals surface area contributed by atoms with Crippen LogP contribution >= 0.6 is 0 Å². The molecule has 0 saturated heterocycles. The van der Waals surface area contributed by atoms with Crippen molar-refractivity contribution in [3.05, 3.63) is 59.8 Å². The minimum atomic E-state index is 0. The SMILES string of the molecule is Cc1[c-][nH]c2cccc(C)c12.[C-]1=CC=CC1.[Cl-].[Cl-].[Zr+4]. The molecule has 1 heterocycles. The standard InChI is InChI=1S/C10H10N.C5H5.2ClH.Zr/c1-7-4-3-5-9-10(7)8(2)6-11-9;1-2-4-5-3-1;;;/h3-5,11H,1-2H3;1-3H,4H2;2*1H;/q2*-1;;;+4/p-2. The van der Waals surface area contributed by atoms with Crippen molar-refractivity contribution in [3.63, 3.8) is 0 Å². The number of aryl methyl sites for hydroxylation is 2. The summed E-state index contributed by atoms with van der Waals surface area (Å²) < 4.78 is 0. The molecule has 0 radical (unpaired) electrons. The first-order valence-electron chi connectivity index (χ1n) is 5.46. The maximum absolute atomic E-state index is 3.10. The number of hydrogen-bond donors (Lipinski definition) is 1. The third-order valence-corrected chi connectivity index (χ3v) is 2.62. The first-order valence-corrected chi connectivity index (χ1v) is 5.46. The molecule has 0 aliphatic heterocycles. The van der Waals surface area contributed by atoms with Crippen molar-refractivity contribution in [2.45, 2.75) is 20.3 Å². The van der Waals surface area contributed by atoms with Gasteiger partial charge in [0.05, 0.1) is 0 Å². The summed E-state index contributed by atoms with van der Waals surface area (Å²) >= 11 is 0. The predicted molar refractivity (Wildman–Crippen MR) is 68.2 cm³/mol. The molecule has 1 N–H and O–H groups in total. The van der Waals surface area contributed by atoms with Crippen LogP contribution in [0.4, 0.5) is 0 Å². The maximum atomic E-state index is 3.10. The zero-order valence-corrected chi connectivity index (χ0v) is 14.9. The second kappa shape index (κ2) is 10.5. The molecule has 0 unspecified atom stereocenters. The maximum Gasteiger partial charge on any atom is 4.00 e. The zero-order valence-electron chi connectivity index (χ0n) is 10.9. The first kappa shape index (κ1) is 21.0. The number of H-pyrrole nitrogens is 1. The van der Waals surface area contributed by atoms with E-state index in [1.807, 2.05) is 12.2 Å². The van der Waals surface area contributed by atoms with E-state index in [1.165, 1.54) is 22.0 Å². The molecule has 2 aromatic rings. The smallest absolute Gasteiger partial charge is 1.00 e. The van der Waals surface area contributed by atoms with E-state index in [4.69, 9.17) is 0 Å². The average Bonchev–Trinajstić information content (AvgIpc) is 2.92. The monoisotopic (exact) mass is 369 g/mol. The molecule has 0 saturated carbocycles. The molecule has 0 fully saturated rings. The van der Waals surface area contributed by atoms with Gasteiger partial charge in [0.1, 0.15) is 0 Å². The minimum Gasteiger partial charge on any atom is -1.00 e. The molecule has 0 bridgehead atoms.